The van der Waals surface area contributed by atoms with E-state index in [0.29, 0.717) is 26.3 Å². The van der Waals surface area contributed by atoms with Crippen molar-refractivity contribution in [2.24, 2.45) is 7.05 Å². The van der Waals surface area contributed by atoms with E-state index in [2.05, 4.69) is 15.5 Å². The molecule has 1 fully saturated rings. The summed E-state index contributed by atoms with van der Waals surface area (Å²) in [5, 5.41) is 10.9. The van der Waals surface area contributed by atoms with Gasteiger partial charge in [0.1, 0.15) is 0 Å². The van der Waals surface area contributed by atoms with Gasteiger partial charge in [-0.15, -0.1) is 0 Å². The summed E-state index contributed by atoms with van der Waals surface area (Å²) in [5.74, 6) is 0. The molecule has 2 aromatic heterocycles. The molecular formula is C16H20N4O4. The molecule has 128 valence electrons. The first-order chi connectivity index (χ1) is 11.6. The largest absolute Gasteiger partial charge is 0.378 e. The molecule has 2 aromatic rings. The number of nitro groups is 1. The van der Waals surface area contributed by atoms with Crippen molar-refractivity contribution in [1.82, 2.24) is 14.0 Å². The number of ether oxygens (including phenoxy) is 1. The van der Waals surface area contributed by atoms with E-state index in [0.717, 1.165) is 12.2 Å². The number of morpholine rings is 1. The maximum absolute atomic E-state index is 11.9. The lowest BCUT2D eigenvalue weighted by Crippen LogP contribution is -2.42. The second kappa shape index (κ2) is 6.98. The van der Waals surface area contributed by atoms with Crippen LogP contribution in [-0.4, -0.2) is 45.3 Å². The molecule has 0 amide bonds. The molecule has 0 radical (unpaired) electrons. The van der Waals surface area contributed by atoms with Gasteiger partial charge in [-0.3, -0.25) is 19.8 Å². The second-order valence-corrected chi connectivity index (χ2v) is 5.85. The smallest absolute Gasteiger partial charge is 0.285 e. The zero-order chi connectivity index (χ0) is 17.1. The van der Waals surface area contributed by atoms with Crippen LogP contribution >= 0.6 is 0 Å². The van der Waals surface area contributed by atoms with Gasteiger partial charge in [0.15, 0.2) is 0 Å². The van der Waals surface area contributed by atoms with Gasteiger partial charge in [-0.25, -0.2) is 0 Å². The van der Waals surface area contributed by atoms with E-state index >= 15 is 0 Å². The first-order valence-electron chi connectivity index (χ1n) is 7.84. The van der Waals surface area contributed by atoms with Crippen molar-refractivity contribution in [3.05, 3.63) is 62.8 Å². The molecule has 0 aliphatic carbocycles. The summed E-state index contributed by atoms with van der Waals surface area (Å²) in [7, 11) is 1.99. The topological polar surface area (TPSA) is 82.5 Å². The van der Waals surface area contributed by atoms with Crippen molar-refractivity contribution in [2.45, 2.75) is 12.6 Å². The normalized spacial score (nSPS) is 18.6. The van der Waals surface area contributed by atoms with Crippen molar-refractivity contribution in [3.8, 4) is 0 Å². The van der Waals surface area contributed by atoms with Crippen molar-refractivity contribution in [3.63, 3.8) is 0 Å². The summed E-state index contributed by atoms with van der Waals surface area (Å²) in [6.07, 6.45) is 3.30. The highest BCUT2D eigenvalue weighted by molar-refractivity contribution is 5.24. The molecule has 3 rings (SSSR count). The van der Waals surface area contributed by atoms with Crippen molar-refractivity contribution in [1.29, 1.82) is 0 Å². The molecule has 24 heavy (non-hydrogen) atoms. The minimum absolute atomic E-state index is 0.0736. The summed E-state index contributed by atoms with van der Waals surface area (Å²) in [6.45, 7) is 3.04. The Kier molecular flexibility index (Phi) is 4.77. The SMILES string of the molecule is Cn1cccc1[C@H]1COCCN1CCn1cc([N+](=O)[O-])ccc1=O. The lowest BCUT2D eigenvalue weighted by molar-refractivity contribution is -0.385. The van der Waals surface area contributed by atoms with Crippen LogP contribution in [0.4, 0.5) is 5.69 Å². The average Bonchev–Trinajstić information content (AvgIpc) is 3.00. The van der Waals surface area contributed by atoms with Gasteiger partial charge < -0.3 is 13.9 Å². The molecule has 0 aromatic carbocycles. The molecule has 0 spiro atoms. The molecule has 8 heteroatoms. The second-order valence-electron chi connectivity index (χ2n) is 5.85. The van der Waals surface area contributed by atoms with Gasteiger partial charge in [0.05, 0.1) is 30.4 Å². The summed E-state index contributed by atoms with van der Waals surface area (Å²) in [4.78, 5) is 24.6. The van der Waals surface area contributed by atoms with Gasteiger partial charge in [-0.1, -0.05) is 0 Å². The van der Waals surface area contributed by atoms with Gasteiger partial charge in [-0.2, -0.15) is 0 Å². The highest BCUT2D eigenvalue weighted by Gasteiger charge is 2.26. The average molecular weight is 332 g/mol. The minimum Gasteiger partial charge on any atom is -0.378 e. The Morgan fingerprint density at radius 3 is 2.88 bits per heavy atom. The zero-order valence-electron chi connectivity index (χ0n) is 13.5. The Morgan fingerprint density at radius 2 is 2.17 bits per heavy atom. The van der Waals surface area contributed by atoms with Crippen LogP contribution in [-0.2, 0) is 18.3 Å². The van der Waals surface area contributed by atoms with Crippen molar-refractivity contribution >= 4 is 5.69 Å². The minimum atomic E-state index is -0.489. The molecule has 0 bridgehead atoms. The molecule has 1 saturated heterocycles. The van der Waals surface area contributed by atoms with Crippen LogP contribution in [0.25, 0.3) is 0 Å². The molecule has 3 heterocycles. The number of aryl methyl sites for hydroxylation is 1. The number of hydrogen-bond donors (Lipinski definition) is 0. The summed E-state index contributed by atoms with van der Waals surface area (Å²) < 4.78 is 9.06. The van der Waals surface area contributed by atoms with E-state index in [1.807, 2.05) is 19.3 Å². The fraction of sp³-hybridized carbons (Fsp3) is 0.438. The van der Waals surface area contributed by atoms with E-state index in [1.165, 1.54) is 22.9 Å². The van der Waals surface area contributed by atoms with Crippen molar-refractivity contribution < 1.29 is 9.66 Å². The third-order valence-electron chi connectivity index (χ3n) is 4.37. The molecule has 1 aliphatic rings. The lowest BCUT2D eigenvalue weighted by Gasteiger charge is -2.36. The summed E-state index contributed by atoms with van der Waals surface area (Å²) >= 11 is 0. The zero-order valence-corrected chi connectivity index (χ0v) is 13.5. The quantitative estimate of drug-likeness (QED) is 0.606. The highest BCUT2D eigenvalue weighted by atomic mass is 16.6. The molecule has 0 unspecified atom stereocenters. The number of rotatable bonds is 5. The van der Waals surface area contributed by atoms with Gasteiger partial charge in [0, 0.05) is 50.7 Å². The lowest BCUT2D eigenvalue weighted by atomic mass is 10.1. The predicted octanol–water partition coefficient (Wildman–Crippen LogP) is 1.17. The maximum atomic E-state index is 11.9. The molecule has 0 saturated carbocycles. The third kappa shape index (κ3) is 3.39. The van der Waals surface area contributed by atoms with Gasteiger partial charge >= 0.3 is 0 Å². The predicted molar refractivity (Wildman–Crippen MR) is 87.9 cm³/mol. The Morgan fingerprint density at radius 1 is 1.33 bits per heavy atom. The van der Waals surface area contributed by atoms with Crippen LogP contribution in [0, 0.1) is 10.1 Å². The Hall–Kier alpha value is -2.45. The van der Waals surface area contributed by atoms with Crippen LogP contribution in [0.1, 0.15) is 11.7 Å². The van der Waals surface area contributed by atoms with E-state index in [1.54, 1.807) is 0 Å². The molecule has 8 nitrogen and oxygen atoms in total. The van der Waals surface area contributed by atoms with Gasteiger partial charge in [0.25, 0.3) is 11.2 Å². The van der Waals surface area contributed by atoms with Crippen molar-refractivity contribution in [2.75, 3.05) is 26.3 Å². The molecule has 1 aliphatic heterocycles. The Bertz CT molecular complexity index is 782. The Labute approximate surface area is 139 Å². The fourth-order valence-electron chi connectivity index (χ4n) is 3.04. The highest BCUT2D eigenvalue weighted by Crippen LogP contribution is 2.24. The Balaban J connectivity index is 1.75. The summed E-state index contributed by atoms with van der Waals surface area (Å²) in [5.41, 5.74) is 0.848. The van der Waals surface area contributed by atoms with Crippen LogP contribution in [0.2, 0.25) is 0 Å². The first kappa shape index (κ1) is 16.4. The molecular weight excluding hydrogens is 312 g/mol. The van der Waals surface area contributed by atoms with E-state index in [9.17, 15) is 14.9 Å². The van der Waals surface area contributed by atoms with Crippen LogP contribution in [0.5, 0.6) is 0 Å². The van der Waals surface area contributed by atoms with E-state index < -0.39 is 4.92 Å². The monoisotopic (exact) mass is 332 g/mol. The number of hydrogen-bond acceptors (Lipinski definition) is 5. The van der Waals surface area contributed by atoms with Crippen LogP contribution in [0.3, 0.4) is 0 Å². The van der Waals surface area contributed by atoms with E-state index in [-0.39, 0.29) is 17.3 Å². The van der Waals surface area contributed by atoms with Crippen LogP contribution < -0.4 is 5.56 Å². The first-order valence-corrected chi connectivity index (χ1v) is 7.84. The van der Waals surface area contributed by atoms with Crippen LogP contribution in [0.15, 0.2) is 41.5 Å². The number of aromatic nitrogens is 2. The number of nitrogens with zero attached hydrogens (tertiary/aromatic N) is 4. The summed E-state index contributed by atoms with van der Waals surface area (Å²) in [6, 6.07) is 6.65. The standard InChI is InChI=1S/C16H20N4O4/c1-17-6-2-3-14(17)15-12-24-10-9-18(15)7-8-19-11-13(20(22)23)4-5-16(19)21/h2-6,11,15H,7-10,12H2,1H3/t15-/m1/s1. The van der Waals surface area contributed by atoms with Gasteiger partial charge in [0.2, 0.25) is 0 Å². The van der Waals surface area contributed by atoms with Gasteiger partial charge in [-0.05, 0) is 12.1 Å². The molecule has 0 N–H and O–H groups in total. The maximum Gasteiger partial charge on any atom is 0.285 e. The molecule has 1 atom stereocenters. The number of pyridine rings is 1. The van der Waals surface area contributed by atoms with E-state index in [4.69, 9.17) is 4.74 Å². The third-order valence-corrected chi connectivity index (χ3v) is 4.37. The fourth-order valence-corrected chi connectivity index (χ4v) is 3.04.